The van der Waals surface area contributed by atoms with Gasteiger partial charge in [0, 0.05) is 19.3 Å². The minimum Gasteiger partial charge on any atom is -0.464 e. The SMILES string of the molecule is CCCCCCCCCCCCCCCC(=O)OCCn1c(=O)n(CCOC(=O)CCCCCCCCCCCCCCC)c(=O)n(CCOC(=O)CCCCCCCCCCCCCCC)c1=O. The molecular weight excluding hydrogens is 871 g/mol. The molecule has 0 saturated heterocycles. The zero-order valence-electron chi connectivity index (χ0n) is 45.0. The van der Waals surface area contributed by atoms with E-state index in [1.54, 1.807) is 0 Å². The monoisotopic (exact) mass is 976 g/mol. The Kier molecular flexibility index (Phi) is 43.6. The molecule has 0 aromatic carbocycles. The maximum atomic E-state index is 13.6. The molecule has 0 N–H and O–H groups in total. The standard InChI is InChI=1S/C57H105N3O9/c1-4-7-10-13-16-19-22-25-28-31-34-37-40-43-52(61)67-49-46-58-55(64)59(47-50-68-53(62)44-41-38-35-32-29-26-23-20-17-14-11-8-5-2)57(66)60(56(58)65)48-51-69-54(63)45-42-39-36-33-30-27-24-21-18-15-12-9-6-3/h4-51H2,1-3H3. The van der Waals surface area contributed by atoms with E-state index in [-0.39, 0.29) is 58.7 Å². The van der Waals surface area contributed by atoms with Gasteiger partial charge in [0.1, 0.15) is 19.8 Å². The van der Waals surface area contributed by atoms with Gasteiger partial charge in [-0.1, -0.05) is 252 Å². The predicted octanol–water partition coefficient (Wildman–Crippen LogP) is 14.2. The molecule has 1 rings (SSSR count). The van der Waals surface area contributed by atoms with Gasteiger partial charge in [-0.25, -0.2) is 28.1 Å². The lowest BCUT2D eigenvalue weighted by Crippen LogP contribution is -2.55. The molecule has 0 bridgehead atoms. The summed E-state index contributed by atoms with van der Waals surface area (Å²) in [4.78, 5) is 78.4. The molecule has 402 valence electrons. The molecule has 0 fully saturated rings. The van der Waals surface area contributed by atoms with E-state index in [1.807, 2.05) is 0 Å². The average Bonchev–Trinajstić information content (AvgIpc) is 3.34. The highest BCUT2D eigenvalue weighted by Gasteiger charge is 2.17. The van der Waals surface area contributed by atoms with Crippen molar-refractivity contribution in [3.8, 4) is 0 Å². The number of carbonyl (C=O) groups is 3. The van der Waals surface area contributed by atoms with Crippen LogP contribution in [0.25, 0.3) is 0 Å². The Morgan fingerprint density at radius 1 is 0.275 bits per heavy atom. The van der Waals surface area contributed by atoms with Crippen LogP contribution in [-0.4, -0.2) is 51.4 Å². The first-order valence-corrected chi connectivity index (χ1v) is 29.2. The van der Waals surface area contributed by atoms with Crippen molar-refractivity contribution in [1.29, 1.82) is 0 Å². The van der Waals surface area contributed by atoms with Crippen LogP contribution in [0.4, 0.5) is 0 Å². The van der Waals surface area contributed by atoms with Crippen molar-refractivity contribution in [2.45, 2.75) is 310 Å². The summed E-state index contributed by atoms with van der Waals surface area (Å²) in [5.41, 5.74) is -2.62. The molecule has 69 heavy (non-hydrogen) atoms. The van der Waals surface area contributed by atoms with Crippen molar-refractivity contribution >= 4 is 17.9 Å². The van der Waals surface area contributed by atoms with E-state index in [9.17, 15) is 28.8 Å². The number of rotatable bonds is 51. The average molecular weight is 976 g/mol. The first-order chi connectivity index (χ1) is 33.8. The summed E-state index contributed by atoms with van der Waals surface area (Å²) in [7, 11) is 0. The second kappa shape index (κ2) is 47.2. The molecule has 0 atom stereocenters. The molecule has 12 nitrogen and oxygen atoms in total. The van der Waals surface area contributed by atoms with Crippen LogP contribution in [0.15, 0.2) is 14.4 Å². The van der Waals surface area contributed by atoms with Gasteiger partial charge in [0.15, 0.2) is 0 Å². The van der Waals surface area contributed by atoms with Gasteiger partial charge in [-0.05, 0) is 19.3 Å². The van der Waals surface area contributed by atoms with Crippen molar-refractivity contribution < 1.29 is 28.6 Å². The van der Waals surface area contributed by atoms with Crippen molar-refractivity contribution in [3.63, 3.8) is 0 Å². The van der Waals surface area contributed by atoms with Crippen molar-refractivity contribution in [3.05, 3.63) is 31.5 Å². The fraction of sp³-hybridized carbons (Fsp3) is 0.895. The molecule has 0 amide bonds. The van der Waals surface area contributed by atoms with Crippen molar-refractivity contribution in [1.82, 2.24) is 13.7 Å². The Bertz CT molecular complexity index is 1360. The molecule has 0 aliphatic heterocycles. The van der Waals surface area contributed by atoms with Gasteiger partial charge in [0.05, 0.1) is 19.6 Å². The van der Waals surface area contributed by atoms with Crippen LogP contribution in [-0.2, 0) is 48.2 Å². The number of ether oxygens (including phenoxy) is 3. The van der Waals surface area contributed by atoms with Gasteiger partial charge in [-0.15, -0.1) is 0 Å². The second-order valence-electron chi connectivity index (χ2n) is 19.9. The number of hydrogen-bond acceptors (Lipinski definition) is 9. The fourth-order valence-electron chi connectivity index (χ4n) is 9.09. The summed E-state index contributed by atoms with van der Waals surface area (Å²) in [5.74, 6) is -1.19. The summed E-state index contributed by atoms with van der Waals surface area (Å²) in [6, 6.07) is 0. The molecule has 0 spiro atoms. The minimum absolute atomic E-state index is 0.215. The molecule has 0 unspecified atom stereocenters. The molecule has 1 aromatic rings. The highest BCUT2D eigenvalue weighted by molar-refractivity contribution is 5.69. The summed E-state index contributed by atoms with van der Waals surface area (Å²) in [6.07, 6.45) is 47.7. The molecular formula is C57H105N3O9. The van der Waals surface area contributed by atoms with E-state index in [0.29, 0.717) is 19.3 Å². The summed E-state index contributed by atoms with van der Waals surface area (Å²) >= 11 is 0. The second-order valence-corrected chi connectivity index (χ2v) is 19.9. The lowest BCUT2D eigenvalue weighted by molar-refractivity contribution is -0.144. The minimum atomic E-state index is -0.874. The first kappa shape index (κ1) is 63.8. The largest absolute Gasteiger partial charge is 0.464 e. The Morgan fingerprint density at radius 3 is 0.609 bits per heavy atom. The zero-order valence-corrected chi connectivity index (χ0v) is 45.0. The van der Waals surface area contributed by atoms with Crippen LogP contribution in [0.5, 0.6) is 0 Å². The molecule has 12 heteroatoms. The number of nitrogens with zero attached hydrogens (tertiary/aromatic N) is 3. The predicted molar refractivity (Wildman–Crippen MR) is 283 cm³/mol. The van der Waals surface area contributed by atoms with Crippen LogP contribution in [0.3, 0.4) is 0 Å². The topological polar surface area (TPSA) is 145 Å². The van der Waals surface area contributed by atoms with Gasteiger partial charge in [-0.2, -0.15) is 0 Å². The number of esters is 3. The first-order valence-electron chi connectivity index (χ1n) is 29.2. The number of unbranched alkanes of at least 4 members (excludes halogenated alkanes) is 36. The maximum Gasteiger partial charge on any atom is 0.336 e. The third-order valence-electron chi connectivity index (χ3n) is 13.6. The quantitative estimate of drug-likeness (QED) is 0.0354. The Hall–Kier alpha value is -3.18. The zero-order chi connectivity index (χ0) is 50.3. The molecule has 0 aliphatic rings. The van der Waals surface area contributed by atoms with Crippen LogP contribution in [0.2, 0.25) is 0 Å². The van der Waals surface area contributed by atoms with E-state index >= 15 is 0 Å². The fourth-order valence-corrected chi connectivity index (χ4v) is 9.09. The van der Waals surface area contributed by atoms with Crippen LogP contribution < -0.4 is 17.1 Å². The smallest absolute Gasteiger partial charge is 0.336 e. The number of hydrogen-bond donors (Lipinski definition) is 0. The van der Waals surface area contributed by atoms with E-state index < -0.39 is 35.0 Å². The third kappa shape index (κ3) is 36.4. The molecule has 0 aliphatic carbocycles. The van der Waals surface area contributed by atoms with E-state index in [4.69, 9.17) is 14.2 Å². The van der Waals surface area contributed by atoms with E-state index in [2.05, 4.69) is 20.8 Å². The summed E-state index contributed by atoms with van der Waals surface area (Å²) < 4.78 is 18.9. The van der Waals surface area contributed by atoms with Gasteiger partial charge in [0.2, 0.25) is 0 Å². The number of aromatic nitrogens is 3. The van der Waals surface area contributed by atoms with Gasteiger partial charge in [0.25, 0.3) is 0 Å². The highest BCUT2D eigenvalue weighted by Crippen LogP contribution is 2.16. The van der Waals surface area contributed by atoms with Crippen molar-refractivity contribution in [2.75, 3.05) is 19.8 Å². The Balaban J connectivity index is 2.61. The highest BCUT2D eigenvalue weighted by atomic mass is 16.5. The lowest BCUT2D eigenvalue weighted by Gasteiger charge is -2.14. The third-order valence-corrected chi connectivity index (χ3v) is 13.6. The van der Waals surface area contributed by atoms with Crippen molar-refractivity contribution in [2.24, 2.45) is 0 Å². The molecule has 1 aromatic heterocycles. The Labute approximate surface area is 420 Å². The van der Waals surface area contributed by atoms with Crippen LogP contribution in [0.1, 0.15) is 290 Å². The van der Waals surface area contributed by atoms with Crippen LogP contribution >= 0.6 is 0 Å². The summed E-state index contributed by atoms with van der Waals surface area (Å²) in [5, 5.41) is 0. The van der Waals surface area contributed by atoms with E-state index in [1.165, 1.54) is 173 Å². The van der Waals surface area contributed by atoms with E-state index in [0.717, 1.165) is 71.5 Å². The summed E-state index contributed by atoms with van der Waals surface area (Å²) in [6.45, 7) is 5.34. The van der Waals surface area contributed by atoms with Gasteiger partial charge >= 0.3 is 35.0 Å². The number of carbonyl (C=O) groups excluding carboxylic acids is 3. The van der Waals surface area contributed by atoms with Gasteiger partial charge in [-0.3, -0.25) is 14.4 Å². The van der Waals surface area contributed by atoms with Crippen LogP contribution in [0, 0.1) is 0 Å². The normalized spacial score (nSPS) is 11.3. The molecule has 0 saturated carbocycles. The maximum absolute atomic E-state index is 13.6. The van der Waals surface area contributed by atoms with Gasteiger partial charge < -0.3 is 14.2 Å². The molecule has 0 radical (unpaired) electrons. The molecule has 1 heterocycles. The lowest BCUT2D eigenvalue weighted by atomic mass is 10.0. The Morgan fingerprint density at radius 2 is 0.435 bits per heavy atom.